The lowest BCUT2D eigenvalue weighted by atomic mass is 9.96. The van der Waals surface area contributed by atoms with Crippen molar-refractivity contribution in [2.24, 2.45) is 11.8 Å². The van der Waals surface area contributed by atoms with E-state index in [4.69, 9.17) is 9.84 Å². The molecule has 0 saturated heterocycles. The van der Waals surface area contributed by atoms with Crippen LogP contribution in [0.15, 0.2) is 30.3 Å². The molecule has 1 aromatic rings. The number of ketones is 1. The summed E-state index contributed by atoms with van der Waals surface area (Å²) in [7, 11) is 0. The van der Waals surface area contributed by atoms with Crippen LogP contribution in [0.2, 0.25) is 0 Å². The van der Waals surface area contributed by atoms with E-state index in [1.54, 1.807) is 30.3 Å². The number of aliphatic carboxylic acids is 1. The van der Waals surface area contributed by atoms with Crippen LogP contribution >= 0.6 is 0 Å². The molecule has 5 nitrogen and oxygen atoms in total. The number of benzene rings is 1. The predicted octanol–water partition coefficient (Wildman–Crippen LogP) is 1.27. The van der Waals surface area contributed by atoms with Crippen LogP contribution in [0.1, 0.15) is 12.8 Å². The SMILES string of the molecule is O=C1CC[C@@H](C(=O)O)[C@@H]1C(=O)Oc1ccccc1. The molecular weight excluding hydrogens is 236 g/mol. The first-order chi connectivity index (χ1) is 8.59. The molecule has 0 bridgehead atoms. The Morgan fingerprint density at radius 2 is 1.89 bits per heavy atom. The van der Waals surface area contributed by atoms with E-state index in [1.165, 1.54) is 0 Å². The van der Waals surface area contributed by atoms with Gasteiger partial charge in [0, 0.05) is 6.42 Å². The molecule has 2 rings (SSSR count). The minimum Gasteiger partial charge on any atom is -0.481 e. The van der Waals surface area contributed by atoms with E-state index in [0.717, 1.165) is 0 Å². The highest BCUT2D eigenvalue weighted by Crippen LogP contribution is 2.30. The number of carbonyl (C=O) groups excluding carboxylic acids is 2. The smallest absolute Gasteiger partial charge is 0.322 e. The highest BCUT2D eigenvalue weighted by Gasteiger charge is 2.45. The van der Waals surface area contributed by atoms with E-state index in [2.05, 4.69) is 0 Å². The molecule has 0 aromatic heterocycles. The fourth-order valence-electron chi connectivity index (χ4n) is 2.07. The predicted molar refractivity (Wildman–Crippen MR) is 60.9 cm³/mol. The van der Waals surface area contributed by atoms with Gasteiger partial charge in [0.15, 0.2) is 0 Å². The number of rotatable bonds is 3. The summed E-state index contributed by atoms with van der Waals surface area (Å²) >= 11 is 0. The van der Waals surface area contributed by atoms with Gasteiger partial charge in [-0.05, 0) is 18.6 Å². The zero-order valence-corrected chi connectivity index (χ0v) is 9.54. The van der Waals surface area contributed by atoms with E-state index < -0.39 is 23.8 Å². The van der Waals surface area contributed by atoms with Gasteiger partial charge in [-0.3, -0.25) is 14.4 Å². The molecular formula is C13H12O5. The maximum absolute atomic E-state index is 11.8. The first kappa shape index (κ1) is 12.3. The largest absolute Gasteiger partial charge is 0.481 e. The number of para-hydroxylation sites is 1. The molecule has 94 valence electrons. The highest BCUT2D eigenvalue weighted by molar-refractivity contribution is 6.05. The second-order valence-corrected chi connectivity index (χ2v) is 4.16. The Morgan fingerprint density at radius 3 is 2.50 bits per heavy atom. The van der Waals surface area contributed by atoms with Gasteiger partial charge in [0.2, 0.25) is 0 Å². The first-order valence-electron chi connectivity index (χ1n) is 5.62. The summed E-state index contributed by atoms with van der Waals surface area (Å²) in [6.07, 6.45) is 0.314. The summed E-state index contributed by atoms with van der Waals surface area (Å²) in [5.41, 5.74) is 0. The maximum Gasteiger partial charge on any atom is 0.322 e. The van der Waals surface area contributed by atoms with Gasteiger partial charge in [0.05, 0.1) is 5.92 Å². The normalized spacial score (nSPS) is 22.8. The standard InChI is InChI=1S/C13H12O5/c14-10-7-6-9(12(15)16)11(10)13(17)18-8-4-2-1-3-5-8/h1-5,9,11H,6-7H2,(H,15,16)/t9-,11+/m1/s1. The molecule has 2 atom stereocenters. The van der Waals surface area contributed by atoms with E-state index in [9.17, 15) is 14.4 Å². The third-order valence-corrected chi connectivity index (χ3v) is 2.98. The monoisotopic (exact) mass is 248 g/mol. The molecule has 1 fully saturated rings. The molecule has 18 heavy (non-hydrogen) atoms. The summed E-state index contributed by atoms with van der Waals surface area (Å²) in [5, 5.41) is 8.96. The van der Waals surface area contributed by atoms with Crippen LogP contribution in [0.4, 0.5) is 0 Å². The molecule has 0 unspecified atom stereocenters. The Labute approximate surface area is 103 Å². The first-order valence-corrected chi connectivity index (χ1v) is 5.62. The number of carboxylic acids is 1. The molecule has 1 N–H and O–H groups in total. The fourth-order valence-corrected chi connectivity index (χ4v) is 2.07. The molecule has 0 spiro atoms. The summed E-state index contributed by atoms with van der Waals surface area (Å²) in [6, 6.07) is 8.29. The van der Waals surface area contributed by atoms with E-state index in [1.807, 2.05) is 0 Å². The summed E-state index contributed by atoms with van der Waals surface area (Å²) in [5.74, 6) is -4.10. The molecule has 5 heteroatoms. The van der Waals surface area contributed by atoms with Gasteiger partial charge >= 0.3 is 11.9 Å². The summed E-state index contributed by atoms with van der Waals surface area (Å²) in [6.45, 7) is 0. The van der Waals surface area contributed by atoms with Crippen molar-refractivity contribution in [1.82, 2.24) is 0 Å². The number of esters is 1. The van der Waals surface area contributed by atoms with Gasteiger partial charge in [0.25, 0.3) is 0 Å². The van der Waals surface area contributed by atoms with Crippen molar-refractivity contribution in [3.05, 3.63) is 30.3 Å². The molecule has 0 aliphatic heterocycles. The van der Waals surface area contributed by atoms with Crippen molar-refractivity contribution < 1.29 is 24.2 Å². The Balaban J connectivity index is 2.12. The Bertz CT molecular complexity index is 479. The van der Waals surface area contributed by atoms with Crippen LogP contribution in [0.25, 0.3) is 0 Å². The topological polar surface area (TPSA) is 80.7 Å². The number of ether oxygens (including phenoxy) is 1. The zero-order valence-electron chi connectivity index (χ0n) is 9.54. The lowest BCUT2D eigenvalue weighted by molar-refractivity contribution is -0.153. The van der Waals surface area contributed by atoms with Crippen LogP contribution in [0.5, 0.6) is 5.75 Å². The number of carboxylic acid groups (broad SMARTS) is 1. The minimum atomic E-state index is -1.18. The van der Waals surface area contributed by atoms with Gasteiger partial charge in [-0.25, -0.2) is 0 Å². The van der Waals surface area contributed by atoms with Gasteiger partial charge in [-0.15, -0.1) is 0 Å². The second kappa shape index (κ2) is 5.00. The van der Waals surface area contributed by atoms with E-state index in [-0.39, 0.29) is 18.6 Å². The Hall–Kier alpha value is -2.17. The fraction of sp³-hybridized carbons (Fsp3) is 0.308. The molecule has 0 radical (unpaired) electrons. The Morgan fingerprint density at radius 1 is 1.22 bits per heavy atom. The van der Waals surface area contributed by atoms with Crippen molar-refractivity contribution in [2.75, 3.05) is 0 Å². The highest BCUT2D eigenvalue weighted by atomic mass is 16.5. The zero-order chi connectivity index (χ0) is 13.1. The second-order valence-electron chi connectivity index (χ2n) is 4.16. The third kappa shape index (κ3) is 2.40. The van der Waals surface area contributed by atoms with Crippen molar-refractivity contribution in [3.8, 4) is 5.75 Å². The van der Waals surface area contributed by atoms with Crippen molar-refractivity contribution >= 4 is 17.7 Å². The van der Waals surface area contributed by atoms with Crippen LogP contribution < -0.4 is 4.74 Å². The molecule has 1 aliphatic rings. The van der Waals surface area contributed by atoms with E-state index >= 15 is 0 Å². The van der Waals surface area contributed by atoms with Crippen molar-refractivity contribution in [1.29, 1.82) is 0 Å². The molecule has 1 aromatic carbocycles. The molecule has 1 saturated carbocycles. The number of hydrogen-bond donors (Lipinski definition) is 1. The average molecular weight is 248 g/mol. The van der Waals surface area contributed by atoms with Crippen molar-refractivity contribution in [3.63, 3.8) is 0 Å². The third-order valence-electron chi connectivity index (χ3n) is 2.98. The van der Waals surface area contributed by atoms with Crippen LogP contribution in [-0.2, 0) is 14.4 Å². The lowest BCUT2D eigenvalue weighted by Gasteiger charge is -2.13. The quantitative estimate of drug-likeness (QED) is 0.495. The number of hydrogen-bond acceptors (Lipinski definition) is 4. The molecule has 0 amide bonds. The number of carbonyl (C=O) groups is 3. The van der Waals surface area contributed by atoms with Crippen LogP contribution in [0, 0.1) is 11.8 Å². The van der Waals surface area contributed by atoms with E-state index in [0.29, 0.717) is 5.75 Å². The summed E-state index contributed by atoms with van der Waals surface area (Å²) in [4.78, 5) is 34.3. The average Bonchev–Trinajstić information content (AvgIpc) is 2.72. The van der Waals surface area contributed by atoms with Crippen LogP contribution in [-0.4, -0.2) is 22.8 Å². The number of Topliss-reactive ketones (excluding diaryl/α,β-unsaturated/α-hetero) is 1. The Kier molecular flexibility index (Phi) is 3.41. The van der Waals surface area contributed by atoms with Gasteiger partial charge in [0.1, 0.15) is 17.5 Å². The molecule has 1 aliphatic carbocycles. The van der Waals surface area contributed by atoms with Gasteiger partial charge < -0.3 is 9.84 Å². The minimum absolute atomic E-state index is 0.117. The lowest BCUT2D eigenvalue weighted by Crippen LogP contribution is -2.32. The molecule has 0 heterocycles. The van der Waals surface area contributed by atoms with Crippen LogP contribution in [0.3, 0.4) is 0 Å². The summed E-state index contributed by atoms with van der Waals surface area (Å²) < 4.78 is 5.03. The van der Waals surface area contributed by atoms with Crippen molar-refractivity contribution in [2.45, 2.75) is 12.8 Å². The van der Waals surface area contributed by atoms with Gasteiger partial charge in [-0.2, -0.15) is 0 Å². The van der Waals surface area contributed by atoms with Gasteiger partial charge in [-0.1, -0.05) is 18.2 Å². The maximum atomic E-state index is 11.8.